The Morgan fingerprint density at radius 1 is 1.20 bits per heavy atom. The second-order valence-electron chi connectivity index (χ2n) is 4.84. The molecule has 0 bridgehead atoms. The highest BCUT2D eigenvalue weighted by atomic mass is 19.3. The number of halogens is 2. The van der Waals surface area contributed by atoms with Crippen molar-refractivity contribution in [3.05, 3.63) is 0 Å². The first-order chi connectivity index (χ1) is 7.09. The lowest BCUT2D eigenvalue weighted by molar-refractivity contribution is -0.0957. The summed E-state index contributed by atoms with van der Waals surface area (Å²) in [6.07, 6.45) is 2.30. The van der Waals surface area contributed by atoms with Crippen LogP contribution in [0.15, 0.2) is 0 Å². The molecule has 0 atom stereocenters. The van der Waals surface area contributed by atoms with Crippen molar-refractivity contribution in [3.8, 4) is 0 Å². The van der Waals surface area contributed by atoms with Gasteiger partial charge in [0.15, 0.2) is 0 Å². The summed E-state index contributed by atoms with van der Waals surface area (Å²) in [6.45, 7) is 5.49. The van der Waals surface area contributed by atoms with Gasteiger partial charge in [-0.1, -0.05) is 6.92 Å². The minimum atomic E-state index is -2.39. The minimum Gasteiger partial charge on any atom is -0.311 e. The zero-order valence-electron chi connectivity index (χ0n) is 9.31. The van der Waals surface area contributed by atoms with Crippen molar-refractivity contribution >= 4 is 0 Å². The largest absolute Gasteiger partial charge is 0.311 e. The monoisotopic (exact) mass is 218 g/mol. The van der Waals surface area contributed by atoms with Crippen LogP contribution < -0.4 is 5.32 Å². The summed E-state index contributed by atoms with van der Waals surface area (Å²) < 4.78 is 25.2. The van der Waals surface area contributed by atoms with Gasteiger partial charge in [-0.15, -0.1) is 0 Å². The molecule has 0 aromatic rings. The van der Waals surface area contributed by atoms with E-state index in [-0.39, 0.29) is 18.9 Å². The van der Waals surface area contributed by atoms with Crippen LogP contribution in [0.25, 0.3) is 0 Å². The van der Waals surface area contributed by atoms with Crippen molar-refractivity contribution in [2.24, 2.45) is 0 Å². The molecule has 2 aliphatic rings. The van der Waals surface area contributed by atoms with E-state index in [1.165, 1.54) is 0 Å². The van der Waals surface area contributed by atoms with Crippen LogP contribution in [0.3, 0.4) is 0 Å². The molecule has 4 heteroatoms. The minimum absolute atomic E-state index is 0.0427. The van der Waals surface area contributed by atoms with Crippen molar-refractivity contribution in [1.82, 2.24) is 10.2 Å². The number of alkyl halides is 2. The second-order valence-corrected chi connectivity index (χ2v) is 4.84. The average Bonchev–Trinajstić information content (AvgIpc) is 2.16. The zero-order chi connectivity index (χ0) is 10.9. The summed E-state index contributed by atoms with van der Waals surface area (Å²) in [5.41, 5.74) is 0. The molecular formula is C11H20F2N2. The molecule has 1 heterocycles. The van der Waals surface area contributed by atoms with Crippen molar-refractivity contribution in [2.75, 3.05) is 19.6 Å². The van der Waals surface area contributed by atoms with E-state index in [2.05, 4.69) is 17.1 Å². The first-order valence-electron chi connectivity index (χ1n) is 5.95. The Morgan fingerprint density at radius 3 is 2.27 bits per heavy atom. The van der Waals surface area contributed by atoms with Gasteiger partial charge < -0.3 is 10.2 Å². The SMILES string of the molecule is CCN1CCC(NC2CC(F)(F)C2)CC1. The lowest BCUT2D eigenvalue weighted by atomic mass is 9.87. The molecule has 0 amide bonds. The van der Waals surface area contributed by atoms with E-state index in [0.717, 1.165) is 32.5 Å². The highest BCUT2D eigenvalue weighted by Crippen LogP contribution is 2.37. The molecule has 0 spiro atoms. The van der Waals surface area contributed by atoms with Gasteiger partial charge in [0.25, 0.3) is 5.92 Å². The van der Waals surface area contributed by atoms with E-state index in [0.29, 0.717) is 6.04 Å². The van der Waals surface area contributed by atoms with Gasteiger partial charge in [-0.2, -0.15) is 0 Å². The summed E-state index contributed by atoms with van der Waals surface area (Å²) in [6, 6.07) is 0.534. The number of hydrogen-bond donors (Lipinski definition) is 1. The Hall–Kier alpha value is -0.220. The third kappa shape index (κ3) is 2.88. The van der Waals surface area contributed by atoms with Gasteiger partial charge in [-0.3, -0.25) is 0 Å². The van der Waals surface area contributed by atoms with Crippen molar-refractivity contribution in [1.29, 1.82) is 0 Å². The highest BCUT2D eigenvalue weighted by molar-refractivity contribution is 4.93. The molecular weight excluding hydrogens is 198 g/mol. The smallest absolute Gasteiger partial charge is 0.251 e. The predicted octanol–water partition coefficient (Wildman–Crippen LogP) is 1.86. The van der Waals surface area contributed by atoms with Crippen molar-refractivity contribution < 1.29 is 8.78 Å². The van der Waals surface area contributed by atoms with E-state index in [1.807, 2.05) is 0 Å². The quantitative estimate of drug-likeness (QED) is 0.778. The standard InChI is InChI=1S/C11H20F2N2/c1-2-15-5-3-9(4-6-15)14-10-7-11(12,13)8-10/h9-10,14H,2-8H2,1H3. The molecule has 1 N–H and O–H groups in total. The third-order valence-corrected chi connectivity index (χ3v) is 3.60. The van der Waals surface area contributed by atoms with E-state index in [1.54, 1.807) is 0 Å². The summed E-state index contributed by atoms with van der Waals surface area (Å²) in [5.74, 6) is -2.39. The first kappa shape index (κ1) is 11.3. The van der Waals surface area contributed by atoms with E-state index in [4.69, 9.17) is 0 Å². The maximum absolute atomic E-state index is 12.6. The Bertz CT molecular complexity index is 205. The predicted molar refractivity (Wildman–Crippen MR) is 56.2 cm³/mol. The second kappa shape index (κ2) is 4.34. The molecule has 1 saturated heterocycles. The maximum atomic E-state index is 12.6. The van der Waals surface area contributed by atoms with Gasteiger partial charge in [0, 0.05) is 24.9 Å². The number of rotatable bonds is 3. The maximum Gasteiger partial charge on any atom is 0.251 e. The molecule has 0 aromatic carbocycles. The van der Waals surface area contributed by atoms with Gasteiger partial charge in [0.05, 0.1) is 0 Å². The summed E-state index contributed by atoms with van der Waals surface area (Å²) >= 11 is 0. The lowest BCUT2D eigenvalue weighted by Crippen LogP contribution is -2.54. The van der Waals surface area contributed by atoms with Gasteiger partial charge in [0.2, 0.25) is 0 Å². The zero-order valence-corrected chi connectivity index (χ0v) is 9.31. The molecule has 2 nitrogen and oxygen atoms in total. The number of likely N-dealkylation sites (tertiary alicyclic amines) is 1. The molecule has 15 heavy (non-hydrogen) atoms. The van der Waals surface area contributed by atoms with E-state index >= 15 is 0 Å². The highest BCUT2D eigenvalue weighted by Gasteiger charge is 2.45. The fourth-order valence-corrected chi connectivity index (χ4v) is 2.53. The fourth-order valence-electron chi connectivity index (χ4n) is 2.53. The fraction of sp³-hybridized carbons (Fsp3) is 1.00. The Balaban J connectivity index is 1.65. The normalized spacial score (nSPS) is 29.0. The molecule has 88 valence electrons. The molecule has 1 aliphatic carbocycles. The molecule has 0 unspecified atom stereocenters. The van der Waals surface area contributed by atoms with Gasteiger partial charge in [-0.25, -0.2) is 8.78 Å². The van der Waals surface area contributed by atoms with Crippen molar-refractivity contribution in [2.45, 2.75) is 50.6 Å². The van der Waals surface area contributed by atoms with Crippen LogP contribution in [0.1, 0.15) is 32.6 Å². The molecule has 2 fully saturated rings. The molecule has 0 radical (unpaired) electrons. The molecule has 1 saturated carbocycles. The van der Waals surface area contributed by atoms with Gasteiger partial charge in [-0.05, 0) is 32.5 Å². The number of piperidine rings is 1. The molecule has 2 rings (SSSR count). The third-order valence-electron chi connectivity index (χ3n) is 3.60. The topological polar surface area (TPSA) is 15.3 Å². The van der Waals surface area contributed by atoms with E-state index in [9.17, 15) is 8.78 Å². The van der Waals surface area contributed by atoms with Crippen LogP contribution in [0, 0.1) is 0 Å². The first-order valence-corrected chi connectivity index (χ1v) is 5.95. The van der Waals surface area contributed by atoms with Crippen LogP contribution in [-0.2, 0) is 0 Å². The summed E-state index contributed by atoms with van der Waals surface area (Å²) in [4.78, 5) is 2.41. The van der Waals surface area contributed by atoms with Crippen LogP contribution in [0.4, 0.5) is 8.78 Å². The van der Waals surface area contributed by atoms with Crippen LogP contribution in [-0.4, -0.2) is 42.5 Å². The van der Waals surface area contributed by atoms with Gasteiger partial charge in [0.1, 0.15) is 0 Å². The summed E-state index contributed by atoms with van der Waals surface area (Å²) in [5, 5.41) is 3.35. The van der Waals surface area contributed by atoms with Crippen LogP contribution >= 0.6 is 0 Å². The lowest BCUT2D eigenvalue weighted by Gasteiger charge is -2.40. The van der Waals surface area contributed by atoms with E-state index < -0.39 is 5.92 Å². The Labute approximate surface area is 90.0 Å². The van der Waals surface area contributed by atoms with Crippen molar-refractivity contribution in [3.63, 3.8) is 0 Å². The summed E-state index contributed by atoms with van der Waals surface area (Å²) in [7, 11) is 0. The number of nitrogens with one attached hydrogen (secondary N) is 1. The van der Waals surface area contributed by atoms with Crippen LogP contribution in [0.5, 0.6) is 0 Å². The number of nitrogens with zero attached hydrogens (tertiary/aromatic N) is 1. The Morgan fingerprint density at radius 2 is 1.80 bits per heavy atom. The van der Waals surface area contributed by atoms with Crippen LogP contribution in [0.2, 0.25) is 0 Å². The average molecular weight is 218 g/mol. The molecule has 0 aromatic heterocycles. The Kier molecular flexibility index (Phi) is 3.26. The molecule has 1 aliphatic heterocycles. The number of hydrogen-bond acceptors (Lipinski definition) is 2. The van der Waals surface area contributed by atoms with Gasteiger partial charge >= 0.3 is 0 Å².